The van der Waals surface area contributed by atoms with Crippen molar-refractivity contribution in [1.82, 2.24) is 9.97 Å². The van der Waals surface area contributed by atoms with E-state index >= 15 is 0 Å². The molecular formula is C28H24F6N8O4. The molecule has 0 aliphatic carbocycles. The Labute approximate surface area is 256 Å². The molecule has 2 amide bonds. The molecule has 0 aliphatic rings. The molecule has 0 bridgehead atoms. The lowest BCUT2D eigenvalue weighted by Gasteiger charge is -2.19. The Morgan fingerprint density at radius 3 is 1.52 bits per heavy atom. The summed E-state index contributed by atoms with van der Waals surface area (Å²) in [6.07, 6.45) is -7.37. The minimum absolute atomic E-state index is 0.0383. The predicted molar refractivity (Wildman–Crippen MR) is 158 cm³/mol. The van der Waals surface area contributed by atoms with Gasteiger partial charge in [0.15, 0.2) is 0 Å². The topological polar surface area (TPSA) is 160 Å². The fraction of sp³-hybridized carbons (Fsp3) is 0.143. The highest BCUT2D eigenvalue weighted by atomic mass is 19.4. The van der Waals surface area contributed by atoms with Gasteiger partial charge < -0.3 is 26.2 Å². The zero-order valence-electron chi connectivity index (χ0n) is 23.8. The van der Waals surface area contributed by atoms with Crippen LogP contribution in [0.1, 0.15) is 0 Å². The highest BCUT2D eigenvalue weighted by Crippen LogP contribution is 2.28. The van der Waals surface area contributed by atoms with Gasteiger partial charge >= 0.3 is 24.2 Å². The Morgan fingerprint density at radius 2 is 1.17 bits per heavy atom. The van der Waals surface area contributed by atoms with Gasteiger partial charge in [-0.05, 0) is 54.6 Å². The Kier molecular flexibility index (Phi) is 10.7. The summed E-state index contributed by atoms with van der Waals surface area (Å²) in [5.41, 5.74) is 6.88. The summed E-state index contributed by atoms with van der Waals surface area (Å²) < 4.78 is 73.6. The Hall–Kier alpha value is -5.94. The maximum Gasteiger partial charge on any atom is 0.471 e. The van der Waals surface area contributed by atoms with Gasteiger partial charge in [-0.15, -0.1) is 0 Å². The normalized spacial score (nSPS) is 11.0. The van der Waals surface area contributed by atoms with Crippen LogP contribution in [0.3, 0.4) is 0 Å². The van der Waals surface area contributed by atoms with Gasteiger partial charge in [-0.25, -0.2) is 9.97 Å². The molecule has 4 rings (SSSR count). The third kappa shape index (κ3) is 9.53. The van der Waals surface area contributed by atoms with Crippen LogP contribution in [-0.4, -0.2) is 53.2 Å². The third-order valence-electron chi connectivity index (χ3n) is 5.90. The van der Waals surface area contributed by atoms with E-state index in [4.69, 9.17) is 5.73 Å². The molecule has 0 atom stereocenters. The largest absolute Gasteiger partial charge is 0.471 e. The third-order valence-corrected chi connectivity index (χ3v) is 5.90. The van der Waals surface area contributed by atoms with E-state index in [1.54, 1.807) is 53.9 Å². The number of carbonyl (C=O) groups excluding carboxylic acids is 2. The standard InChI is InChI=1S/C14H11F3N4O3.C14H13F3N4O/c1-20(12-6-5-11(8-18-12)21(23)24)10-4-2-3-9(7-10)19-13(22)14(15,16)17;1-21(12-6-5-9(18)8-19-12)11-4-2-3-10(7-11)20-13(22)14(15,16)17/h2-8H,1H3,(H,19,22);2-8H,18H2,1H3,(H,20,22). The number of nitrogen functional groups attached to an aromatic ring is 1. The number of anilines is 7. The SMILES string of the molecule is CN(c1cccc(NC(=O)C(F)(F)F)c1)c1ccc(N)cn1.CN(c1cccc(NC(=O)C(F)(F)F)c1)c1ccc([N+](=O)[O-])cn1. The highest BCUT2D eigenvalue weighted by molar-refractivity contribution is 5.96. The lowest BCUT2D eigenvalue weighted by Crippen LogP contribution is -2.29. The summed E-state index contributed by atoms with van der Waals surface area (Å²) in [6.45, 7) is 0. The first-order valence-corrected chi connectivity index (χ1v) is 12.7. The molecule has 0 unspecified atom stereocenters. The zero-order chi connectivity index (χ0) is 34.2. The summed E-state index contributed by atoms with van der Waals surface area (Å²) in [5, 5.41) is 14.2. The molecule has 46 heavy (non-hydrogen) atoms. The molecule has 12 nitrogen and oxygen atoms in total. The van der Waals surface area contributed by atoms with Gasteiger partial charge in [-0.1, -0.05) is 12.1 Å². The van der Waals surface area contributed by atoms with Crippen LogP contribution in [0.2, 0.25) is 0 Å². The van der Waals surface area contributed by atoms with Gasteiger partial charge in [0.25, 0.3) is 5.69 Å². The molecule has 0 saturated heterocycles. The van der Waals surface area contributed by atoms with Gasteiger partial charge in [0.2, 0.25) is 0 Å². The Balaban J connectivity index is 0.000000251. The number of pyridine rings is 2. The molecule has 0 radical (unpaired) electrons. The smallest absolute Gasteiger partial charge is 0.397 e. The number of hydrogen-bond acceptors (Lipinski definition) is 9. The number of aromatic nitrogens is 2. The quantitative estimate of drug-likeness (QED) is 0.120. The van der Waals surface area contributed by atoms with Crippen LogP contribution in [0.15, 0.2) is 85.2 Å². The highest BCUT2D eigenvalue weighted by Gasteiger charge is 2.39. The van der Waals surface area contributed by atoms with Crippen LogP contribution < -0.4 is 26.2 Å². The first kappa shape index (κ1) is 34.5. The van der Waals surface area contributed by atoms with Gasteiger partial charge in [0, 0.05) is 42.9 Å². The number of carbonyl (C=O) groups is 2. The molecule has 4 N–H and O–H groups in total. The number of nitro groups is 1. The van der Waals surface area contributed by atoms with E-state index in [9.17, 15) is 46.0 Å². The Morgan fingerprint density at radius 1 is 0.739 bits per heavy atom. The second kappa shape index (κ2) is 14.2. The molecule has 2 heterocycles. The fourth-order valence-electron chi connectivity index (χ4n) is 3.53. The average molecular weight is 651 g/mol. The van der Waals surface area contributed by atoms with Crippen LogP contribution in [0.5, 0.6) is 0 Å². The van der Waals surface area contributed by atoms with E-state index < -0.39 is 29.1 Å². The van der Waals surface area contributed by atoms with Crippen molar-refractivity contribution in [2.24, 2.45) is 0 Å². The van der Waals surface area contributed by atoms with Gasteiger partial charge in [-0.3, -0.25) is 19.7 Å². The molecule has 242 valence electrons. The second-order valence-corrected chi connectivity index (χ2v) is 9.20. The van der Waals surface area contributed by atoms with E-state index in [-0.39, 0.29) is 17.1 Å². The average Bonchev–Trinajstić information content (AvgIpc) is 3.00. The van der Waals surface area contributed by atoms with Crippen molar-refractivity contribution in [1.29, 1.82) is 0 Å². The second-order valence-electron chi connectivity index (χ2n) is 9.20. The predicted octanol–water partition coefficient (Wildman–Crippen LogP) is 6.19. The number of benzene rings is 2. The molecule has 0 saturated carbocycles. The van der Waals surface area contributed by atoms with Crippen molar-refractivity contribution in [3.8, 4) is 0 Å². The molecule has 0 spiro atoms. The summed E-state index contributed by atoms with van der Waals surface area (Å²) in [7, 11) is 3.28. The van der Waals surface area contributed by atoms with Crippen LogP contribution in [0.4, 0.5) is 72.1 Å². The first-order chi connectivity index (χ1) is 21.5. The molecule has 0 aliphatic heterocycles. The van der Waals surface area contributed by atoms with Crippen molar-refractivity contribution in [3.63, 3.8) is 0 Å². The number of alkyl halides is 6. The lowest BCUT2D eigenvalue weighted by molar-refractivity contribution is -0.385. The first-order valence-electron chi connectivity index (χ1n) is 12.7. The van der Waals surface area contributed by atoms with Gasteiger partial charge in [-0.2, -0.15) is 26.3 Å². The van der Waals surface area contributed by atoms with Crippen LogP contribution in [0, 0.1) is 10.1 Å². The van der Waals surface area contributed by atoms with Crippen LogP contribution in [-0.2, 0) is 9.59 Å². The lowest BCUT2D eigenvalue weighted by atomic mass is 10.2. The van der Waals surface area contributed by atoms with E-state index in [2.05, 4.69) is 9.97 Å². The minimum atomic E-state index is -4.98. The molecule has 0 fully saturated rings. The summed E-state index contributed by atoms with van der Waals surface area (Å²) >= 11 is 0. The van der Waals surface area contributed by atoms with Gasteiger partial charge in [0.1, 0.15) is 17.8 Å². The van der Waals surface area contributed by atoms with E-state index in [1.165, 1.54) is 59.6 Å². The van der Waals surface area contributed by atoms with Crippen molar-refractivity contribution in [3.05, 3.63) is 95.3 Å². The Bertz CT molecular complexity index is 1680. The molecular weight excluding hydrogens is 626 g/mol. The van der Waals surface area contributed by atoms with Crippen LogP contribution >= 0.6 is 0 Å². The maximum absolute atomic E-state index is 12.3. The molecule has 2 aromatic heterocycles. The number of rotatable bonds is 7. The molecule has 18 heteroatoms. The number of nitrogens with two attached hydrogens (primary N) is 1. The van der Waals surface area contributed by atoms with Crippen LogP contribution in [0.25, 0.3) is 0 Å². The van der Waals surface area contributed by atoms with Crippen molar-refractivity contribution in [2.75, 3.05) is 40.3 Å². The van der Waals surface area contributed by atoms with Gasteiger partial charge in [0.05, 0.1) is 16.8 Å². The fourth-order valence-corrected chi connectivity index (χ4v) is 3.53. The number of amides is 2. The number of nitrogens with one attached hydrogen (secondary N) is 2. The maximum atomic E-state index is 12.3. The van der Waals surface area contributed by atoms with Crippen molar-refractivity contribution in [2.45, 2.75) is 12.4 Å². The van der Waals surface area contributed by atoms with E-state index in [0.717, 1.165) is 6.20 Å². The summed E-state index contributed by atoms with van der Waals surface area (Å²) in [4.78, 5) is 43.1. The summed E-state index contributed by atoms with van der Waals surface area (Å²) in [6, 6.07) is 17.7. The van der Waals surface area contributed by atoms with E-state index in [0.29, 0.717) is 28.7 Å². The monoisotopic (exact) mass is 650 g/mol. The number of nitrogens with zero attached hydrogens (tertiary/aromatic N) is 5. The molecule has 4 aromatic rings. The van der Waals surface area contributed by atoms with E-state index in [1.807, 2.05) is 0 Å². The summed E-state index contributed by atoms with van der Waals surface area (Å²) in [5.74, 6) is -3.18. The van der Waals surface area contributed by atoms with Crippen molar-refractivity contribution >= 4 is 57.6 Å². The number of hydrogen-bond donors (Lipinski definition) is 3. The minimum Gasteiger partial charge on any atom is -0.397 e. The number of halogens is 6. The van der Waals surface area contributed by atoms with Crippen molar-refractivity contribution < 1.29 is 40.9 Å². The molecule has 2 aromatic carbocycles. The zero-order valence-corrected chi connectivity index (χ0v) is 23.8.